The highest BCUT2D eigenvalue weighted by Gasteiger charge is 2.49. The molecule has 39 heavy (non-hydrogen) atoms. The number of H-pyrrole nitrogens is 1. The molecule has 1 aliphatic heterocycles. The summed E-state index contributed by atoms with van der Waals surface area (Å²) in [4.78, 5) is 58.0. The third-order valence-corrected chi connectivity index (χ3v) is 7.09. The summed E-state index contributed by atoms with van der Waals surface area (Å²) in [5, 5.41) is -0.439. The van der Waals surface area contributed by atoms with Crippen molar-refractivity contribution in [2.45, 2.75) is 95.7 Å². The first-order valence-corrected chi connectivity index (χ1v) is 14.2. The van der Waals surface area contributed by atoms with Gasteiger partial charge in [0.1, 0.15) is 24.9 Å². The Labute approximate surface area is 225 Å². The Morgan fingerprint density at radius 3 is 2.31 bits per heavy atom. The molecule has 2 heterocycles. The van der Waals surface area contributed by atoms with Crippen LogP contribution in [0.25, 0.3) is 0 Å². The highest BCUT2D eigenvalue weighted by Crippen LogP contribution is 2.35. The van der Waals surface area contributed by atoms with Gasteiger partial charge in [0, 0.05) is 6.20 Å². The molecule has 0 spiro atoms. The van der Waals surface area contributed by atoms with Gasteiger partial charge in [0.25, 0.3) is 5.56 Å². The van der Waals surface area contributed by atoms with Gasteiger partial charge in [0.15, 0.2) is 6.10 Å². The molecule has 0 aliphatic carbocycles. The Morgan fingerprint density at radius 2 is 1.74 bits per heavy atom. The van der Waals surface area contributed by atoms with Gasteiger partial charge in [-0.05, 0) is 6.42 Å². The molecule has 0 radical (unpaired) electrons. The fourth-order valence-electron chi connectivity index (χ4n) is 4.19. The molecule has 1 aliphatic rings. The van der Waals surface area contributed by atoms with Crippen LogP contribution in [0.5, 0.6) is 0 Å². The van der Waals surface area contributed by atoms with Crippen molar-refractivity contribution in [3.63, 3.8) is 0 Å². The van der Waals surface area contributed by atoms with Crippen LogP contribution in [0.2, 0.25) is 0 Å². The summed E-state index contributed by atoms with van der Waals surface area (Å²) < 4.78 is 51.2. The molecule has 14 heteroatoms. The highest BCUT2D eigenvalue weighted by molar-refractivity contribution is 7.46. The average Bonchev–Trinajstić information content (AvgIpc) is 3.23. The number of halogens is 3. The van der Waals surface area contributed by atoms with Crippen LogP contribution in [-0.2, 0) is 25.4 Å². The first-order chi connectivity index (χ1) is 18.6. The van der Waals surface area contributed by atoms with Crippen molar-refractivity contribution in [3.05, 3.63) is 32.6 Å². The van der Waals surface area contributed by atoms with Gasteiger partial charge in [-0.3, -0.25) is 14.3 Å². The number of ether oxygens (including phenoxy) is 2. The molecule has 10 nitrogen and oxygen atoms in total. The fraction of sp³-hybridized carbons (Fsp3) is 0.720. The van der Waals surface area contributed by atoms with E-state index in [1.54, 1.807) is 4.98 Å². The Bertz CT molecular complexity index is 1080. The van der Waals surface area contributed by atoms with Gasteiger partial charge in [0.2, 0.25) is 19.5 Å². The van der Waals surface area contributed by atoms with Crippen molar-refractivity contribution in [2.24, 2.45) is 0 Å². The zero-order valence-corrected chi connectivity index (χ0v) is 22.8. The molecular weight excluding hydrogens is 544 g/mol. The number of alkyl halides is 3. The number of unbranched alkanes of at least 4 members (excludes halogenated alkanes) is 9. The van der Waals surface area contributed by atoms with Crippen LogP contribution in [0.4, 0.5) is 13.2 Å². The van der Waals surface area contributed by atoms with E-state index < -0.39 is 54.7 Å². The van der Waals surface area contributed by atoms with E-state index in [9.17, 15) is 32.5 Å². The maximum atomic E-state index is 13.3. The number of terminal acetylenes is 1. The monoisotopic (exact) mass is 580 g/mol. The number of aromatic amines is 1. The van der Waals surface area contributed by atoms with E-state index >= 15 is 0 Å². The summed E-state index contributed by atoms with van der Waals surface area (Å²) in [7, 11) is -3.22. The number of aromatic nitrogens is 2. The van der Waals surface area contributed by atoms with Crippen LogP contribution in [0, 0.1) is 12.3 Å². The van der Waals surface area contributed by atoms with E-state index in [0.717, 1.165) is 25.7 Å². The van der Waals surface area contributed by atoms with Crippen molar-refractivity contribution in [1.29, 1.82) is 0 Å². The smallest absolute Gasteiger partial charge is 0.423 e. The lowest BCUT2D eigenvalue weighted by Crippen LogP contribution is -2.39. The molecule has 1 saturated heterocycles. The van der Waals surface area contributed by atoms with Gasteiger partial charge in [-0.2, -0.15) is 18.1 Å². The topological polar surface area (TPSA) is 135 Å². The second-order valence-corrected chi connectivity index (χ2v) is 10.2. The number of rotatable bonds is 17. The van der Waals surface area contributed by atoms with Gasteiger partial charge in [-0.1, -0.05) is 70.6 Å². The quantitative estimate of drug-likeness (QED) is 0.0944. The van der Waals surface area contributed by atoms with Crippen molar-refractivity contribution in [1.82, 2.24) is 9.55 Å². The molecule has 0 amide bonds. The molecule has 1 unspecified atom stereocenters. The molecule has 4 atom stereocenters. The number of hydrogen-bond acceptors (Lipinski definition) is 8. The molecule has 1 fully saturated rings. The molecule has 0 aromatic carbocycles. The second-order valence-electron chi connectivity index (χ2n) is 9.16. The lowest BCUT2D eigenvalue weighted by atomic mass is 10.1. The fourth-order valence-corrected chi connectivity index (χ4v) is 5.02. The van der Waals surface area contributed by atoms with Crippen LogP contribution >= 0.6 is 8.00 Å². The number of nitrogens with one attached hydrogen (secondary N) is 1. The minimum atomic E-state index is -5.09. The third kappa shape index (κ3) is 10.5. The molecule has 0 saturated carbocycles. The zero-order valence-electron chi connectivity index (χ0n) is 21.9. The first kappa shape index (κ1) is 33.2. The summed E-state index contributed by atoms with van der Waals surface area (Å²) in [5.41, 5.74) is -4.61. The predicted octanol–water partition coefficient (Wildman–Crippen LogP) is 3.18. The van der Waals surface area contributed by atoms with Crippen LogP contribution < -0.4 is 16.1 Å². The van der Waals surface area contributed by atoms with Crippen molar-refractivity contribution in [2.75, 3.05) is 19.8 Å². The van der Waals surface area contributed by atoms with Gasteiger partial charge < -0.3 is 14.4 Å². The van der Waals surface area contributed by atoms with E-state index in [2.05, 4.69) is 12.8 Å². The Kier molecular flexibility index (Phi) is 14.4. The Balaban J connectivity index is 1.96. The maximum Gasteiger partial charge on any atom is 0.423 e. The van der Waals surface area contributed by atoms with Crippen LogP contribution in [0.3, 0.4) is 0 Å². The zero-order chi connectivity index (χ0) is 28.8. The minimum Gasteiger partial charge on any atom is -0.603 e. The third-order valence-electron chi connectivity index (χ3n) is 6.18. The highest BCUT2D eigenvalue weighted by atomic mass is 31.1. The summed E-state index contributed by atoms with van der Waals surface area (Å²) >= 11 is 0. The molecule has 1 aromatic heterocycles. The minimum absolute atomic E-state index is 0.230. The molecule has 2 N–H and O–H groups in total. The maximum absolute atomic E-state index is 13.3. The largest absolute Gasteiger partial charge is 0.603 e. The summed E-state index contributed by atoms with van der Waals surface area (Å²) in [6.07, 6.45) is 7.58. The lowest BCUT2D eigenvalue weighted by molar-refractivity contribution is -0.310. The normalized spacial score (nSPS) is 20.8. The first-order valence-electron chi connectivity index (χ1n) is 13.0. The van der Waals surface area contributed by atoms with Crippen molar-refractivity contribution < 1.29 is 42.2 Å². The number of hydrogen-bond donors (Lipinski definition) is 2. The predicted molar refractivity (Wildman–Crippen MR) is 137 cm³/mol. The standard InChI is InChI=1S/C25H36F3N2O8P/c1-3-5-6-7-8-9-10-11-12-13-15-36-37-17-19-20(35-14-4-2)21(39(33)34)23(38-19)30-16-18(25(26,27)28)22(31)29-24(30)32/h2,16,19-20,23H,3,5-15,17H2,1H3,(H,33,34)(H,29,31,32)/t19-,20-,23-/m1/s1. The summed E-state index contributed by atoms with van der Waals surface area (Å²) in [6, 6.07) is 0. The Morgan fingerprint density at radius 1 is 1.13 bits per heavy atom. The van der Waals surface area contributed by atoms with Crippen LogP contribution in [0.15, 0.2) is 15.8 Å². The lowest BCUT2D eigenvalue weighted by Gasteiger charge is -2.16. The summed E-state index contributed by atoms with van der Waals surface area (Å²) in [5.74, 6) is 2.19. The van der Waals surface area contributed by atoms with E-state index in [1.807, 2.05) is 0 Å². The van der Waals surface area contributed by atoms with Crippen LogP contribution in [-0.4, -0.2) is 51.8 Å². The van der Waals surface area contributed by atoms with Gasteiger partial charge in [-0.25, -0.2) is 14.6 Å². The van der Waals surface area contributed by atoms with Crippen molar-refractivity contribution in [3.8, 4) is 12.3 Å². The molecule has 2 rings (SSSR count). The average molecular weight is 581 g/mol. The SMILES string of the molecule is C#CCO[C@H]1C(=[P+]([O-])O)[C@H](n2cc(C(F)(F)F)c(=O)[nH]c2=O)O[C@@H]1COOCCCCCCCCCCCC. The molecule has 220 valence electrons. The van der Waals surface area contributed by atoms with Crippen LogP contribution in [0.1, 0.15) is 82.9 Å². The van der Waals surface area contributed by atoms with E-state index in [-0.39, 0.29) is 26.0 Å². The van der Waals surface area contributed by atoms with E-state index in [1.165, 1.54) is 38.5 Å². The molecule has 0 bridgehead atoms. The Hall–Kier alpha value is -2.04. The molecular formula is C25H36F3N2O8P. The summed E-state index contributed by atoms with van der Waals surface area (Å²) in [6.45, 7) is 1.81. The van der Waals surface area contributed by atoms with Gasteiger partial charge in [0.05, 0.1) is 6.61 Å². The van der Waals surface area contributed by atoms with E-state index in [4.69, 9.17) is 25.7 Å². The second kappa shape index (κ2) is 16.9. The van der Waals surface area contributed by atoms with E-state index in [0.29, 0.717) is 4.57 Å². The van der Waals surface area contributed by atoms with Gasteiger partial charge >= 0.3 is 11.9 Å². The number of nitrogens with zero attached hydrogens (tertiary/aromatic N) is 1. The van der Waals surface area contributed by atoms with Crippen molar-refractivity contribution >= 4 is 13.3 Å². The molecule has 1 aromatic rings. The van der Waals surface area contributed by atoms with Gasteiger partial charge in [-0.15, -0.1) is 6.42 Å².